The SMILES string of the molecule is CC1(C)OC(=O)C(=CNc2c(Br)cc(F)c(Cl)c2Br)C(=O)O1. The molecule has 0 bridgehead atoms. The topological polar surface area (TPSA) is 64.6 Å². The van der Waals surface area contributed by atoms with Crippen molar-refractivity contribution < 1.29 is 23.5 Å². The predicted molar refractivity (Wildman–Crippen MR) is 84.8 cm³/mol. The number of hydrogen-bond donors (Lipinski definition) is 1. The maximum absolute atomic E-state index is 13.4. The molecule has 0 amide bonds. The molecule has 0 spiro atoms. The second kappa shape index (κ2) is 6.17. The van der Waals surface area contributed by atoms with E-state index in [2.05, 4.69) is 37.2 Å². The first-order valence-corrected chi connectivity index (χ1v) is 7.85. The molecule has 0 aliphatic carbocycles. The molecule has 1 N–H and O–H groups in total. The minimum atomic E-state index is -1.31. The van der Waals surface area contributed by atoms with Gasteiger partial charge in [-0.2, -0.15) is 0 Å². The van der Waals surface area contributed by atoms with Gasteiger partial charge in [0.25, 0.3) is 5.79 Å². The van der Waals surface area contributed by atoms with Crippen LogP contribution in [0.5, 0.6) is 0 Å². The molecule has 0 radical (unpaired) electrons. The molecular formula is C13H9Br2ClFNO4. The van der Waals surface area contributed by atoms with Crippen molar-refractivity contribution >= 4 is 61.1 Å². The Morgan fingerprint density at radius 2 is 1.82 bits per heavy atom. The van der Waals surface area contributed by atoms with E-state index in [1.54, 1.807) is 0 Å². The van der Waals surface area contributed by atoms with Crippen molar-refractivity contribution in [3.8, 4) is 0 Å². The Hall–Kier alpha value is -1.12. The smallest absolute Gasteiger partial charge is 0.350 e. The van der Waals surface area contributed by atoms with E-state index in [0.717, 1.165) is 12.3 Å². The van der Waals surface area contributed by atoms with Gasteiger partial charge in [-0.3, -0.25) is 0 Å². The van der Waals surface area contributed by atoms with Gasteiger partial charge < -0.3 is 14.8 Å². The number of halogens is 4. The lowest BCUT2D eigenvalue weighted by Crippen LogP contribution is -2.42. The largest absolute Gasteiger partial charge is 0.419 e. The van der Waals surface area contributed by atoms with E-state index < -0.39 is 23.5 Å². The van der Waals surface area contributed by atoms with Crippen molar-refractivity contribution in [1.82, 2.24) is 0 Å². The van der Waals surface area contributed by atoms with Crippen molar-refractivity contribution in [2.24, 2.45) is 0 Å². The standard InChI is InChI=1S/C13H9Br2ClFNO4/c1-13(2)21-11(19)5(12(20)22-13)4-18-10-6(14)3-7(17)9(16)8(10)15/h3-4,18H,1-2H3. The van der Waals surface area contributed by atoms with Gasteiger partial charge in [-0.1, -0.05) is 11.6 Å². The van der Waals surface area contributed by atoms with Gasteiger partial charge in [0.1, 0.15) is 5.82 Å². The van der Waals surface area contributed by atoms with Crippen LogP contribution in [0.4, 0.5) is 10.1 Å². The molecule has 1 aliphatic rings. The quantitative estimate of drug-likeness (QED) is 0.238. The number of carbonyl (C=O) groups is 2. The van der Waals surface area contributed by atoms with E-state index in [1.807, 2.05) is 0 Å². The summed E-state index contributed by atoms with van der Waals surface area (Å²) in [6.07, 6.45) is 1.11. The zero-order valence-electron chi connectivity index (χ0n) is 11.3. The van der Waals surface area contributed by atoms with E-state index >= 15 is 0 Å². The fourth-order valence-electron chi connectivity index (χ4n) is 1.62. The van der Waals surface area contributed by atoms with Crippen LogP contribution in [0.3, 0.4) is 0 Å². The summed E-state index contributed by atoms with van der Waals surface area (Å²) in [7, 11) is 0. The molecule has 22 heavy (non-hydrogen) atoms. The van der Waals surface area contributed by atoms with Gasteiger partial charge >= 0.3 is 11.9 Å². The Morgan fingerprint density at radius 3 is 2.36 bits per heavy atom. The van der Waals surface area contributed by atoms with Crippen LogP contribution in [0.15, 0.2) is 26.8 Å². The molecule has 1 heterocycles. The Labute approximate surface area is 147 Å². The highest BCUT2D eigenvalue weighted by atomic mass is 79.9. The Bertz CT molecular complexity index is 684. The summed E-state index contributed by atoms with van der Waals surface area (Å²) < 4.78 is 23.9. The van der Waals surface area contributed by atoms with Crippen LogP contribution in [0.2, 0.25) is 5.02 Å². The Kier molecular flexibility index (Phi) is 4.84. The summed E-state index contributed by atoms with van der Waals surface area (Å²) in [5, 5.41) is 2.56. The van der Waals surface area contributed by atoms with Crippen molar-refractivity contribution in [3.63, 3.8) is 0 Å². The molecular weight excluding hydrogens is 448 g/mol. The summed E-state index contributed by atoms with van der Waals surface area (Å²) in [6.45, 7) is 2.89. The van der Waals surface area contributed by atoms with Crippen LogP contribution in [0.25, 0.3) is 0 Å². The summed E-state index contributed by atoms with van der Waals surface area (Å²) >= 11 is 12.1. The van der Waals surface area contributed by atoms with Crippen molar-refractivity contribution in [2.75, 3.05) is 5.32 Å². The Morgan fingerprint density at radius 1 is 1.27 bits per heavy atom. The Balaban J connectivity index is 2.32. The van der Waals surface area contributed by atoms with Crippen LogP contribution in [0, 0.1) is 5.82 Å². The zero-order chi connectivity index (χ0) is 16.7. The first-order chi connectivity index (χ1) is 10.1. The van der Waals surface area contributed by atoms with Crippen molar-refractivity contribution in [2.45, 2.75) is 19.6 Å². The molecule has 1 saturated heterocycles. The van der Waals surface area contributed by atoms with Crippen molar-refractivity contribution in [3.05, 3.63) is 37.6 Å². The molecule has 1 fully saturated rings. The van der Waals surface area contributed by atoms with Gasteiger partial charge in [-0.25, -0.2) is 14.0 Å². The lowest BCUT2D eigenvalue weighted by atomic mass is 10.2. The minimum Gasteiger partial charge on any atom is -0.419 e. The number of carbonyl (C=O) groups excluding carboxylic acids is 2. The molecule has 5 nitrogen and oxygen atoms in total. The lowest BCUT2D eigenvalue weighted by molar-refractivity contribution is -0.222. The van der Waals surface area contributed by atoms with Gasteiger partial charge in [-0.05, 0) is 37.9 Å². The summed E-state index contributed by atoms with van der Waals surface area (Å²) in [4.78, 5) is 23.6. The highest BCUT2D eigenvalue weighted by Crippen LogP contribution is 2.38. The van der Waals surface area contributed by atoms with Gasteiger partial charge in [-0.15, -0.1) is 0 Å². The van der Waals surface area contributed by atoms with Gasteiger partial charge in [0.15, 0.2) is 5.57 Å². The highest BCUT2D eigenvalue weighted by molar-refractivity contribution is 9.11. The first kappa shape index (κ1) is 17.2. The molecule has 0 unspecified atom stereocenters. The maximum atomic E-state index is 13.4. The average Bonchev–Trinajstić information content (AvgIpc) is 2.37. The summed E-state index contributed by atoms with van der Waals surface area (Å²) in [6, 6.07) is 1.15. The monoisotopic (exact) mass is 455 g/mol. The first-order valence-electron chi connectivity index (χ1n) is 5.89. The number of ether oxygens (including phenoxy) is 2. The van der Waals surface area contributed by atoms with E-state index in [1.165, 1.54) is 13.8 Å². The fraction of sp³-hybridized carbons (Fsp3) is 0.231. The average molecular weight is 457 g/mol. The van der Waals surface area contributed by atoms with E-state index in [4.69, 9.17) is 21.1 Å². The third-order valence-electron chi connectivity index (χ3n) is 2.59. The number of hydrogen-bond acceptors (Lipinski definition) is 5. The predicted octanol–water partition coefficient (Wildman–Crippen LogP) is 4.14. The van der Waals surface area contributed by atoms with Crippen LogP contribution in [-0.2, 0) is 19.1 Å². The van der Waals surface area contributed by atoms with Crippen LogP contribution >= 0.6 is 43.5 Å². The molecule has 9 heteroatoms. The highest BCUT2D eigenvalue weighted by Gasteiger charge is 2.39. The van der Waals surface area contributed by atoms with Crippen LogP contribution in [0.1, 0.15) is 13.8 Å². The number of anilines is 1. The number of cyclic esters (lactones) is 2. The normalized spacial score (nSPS) is 16.9. The van der Waals surface area contributed by atoms with Gasteiger partial charge in [0.2, 0.25) is 0 Å². The number of esters is 2. The lowest BCUT2D eigenvalue weighted by Gasteiger charge is -2.29. The molecule has 1 aromatic rings. The second-order valence-corrected chi connectivity index (χ2v) is 6.75. The van der Waals surface area contributed by atoms with E-state index in [9.17, 15) is 14.0 Å². The number of nitrogens with one attached hydrogen (secondary N) is 1. The van der Waals surface area contributed by atoms with Crippen LogP contribution in [-0.4, -0.2) is 17.7 Å². The van der Waals surface area contributed by atoms with Gasteiger partial charge in [0.05, 0.1) is 15.2 Å². The van der Waals surface area contributed by atoms with E-state index in [0.29, 0.717) is 10.2 Å². The van der Waals surface area contributed by atoms with Crippen molar-refractivity contribution in [1.29, 1.82) is 0 Å². The minimum absolute atomic E-state index is 0.140. The zero-order valence-corrected chi connectivity index (χ0v) is 15.2. The molecule has 0 aromatic heterocycles. The molecule has 0 saturated carbocycles. The number of rotatable bonds is 2. The molecule has 1 aliphatic heterocycles. The molecule has 1 aromatic carbocycles. The summed E-state index contributed by atoms with van der Waals surface area (Å²) in [5.74, 6) is -3.59. The molecule has 2 rings (SSSR count). The van der Waals surface area contributed by atoms with E-state index in [-0.39, 0.29) is 15.1 Å². The molecule has 118 valence electrons. The fourth-order valence-corrected chi connectivity index (χ4v) is 3.07. The summed E-state index contributed by atoms with van der Waals surface area (Å²) in [5.41, 5.74) is 0.0166. The third kappa shape index (κ3) is 3.44. The maximum Gasteiger partial charge on any atom is 0.350 e. The molecule has 0 atom stereocenters. The van der Waals surface area contributed by atoms with Crippen LogP contribution < -0.4 is 5.32 Å². The number of benzene rings is 1. The van der Waals surface area contributed by atoms with Gasteiger partial charge in [0, 0.05) is 24.5 Å². The third-order valence-corrected chi connectivity index (χ3v) is 4.61. The second-order valence-electron chi connectivity index (χ2n) is 4.72.